The second-order valence-electron chi connectivity index (χ2n) is 4.98. The average molecular weight is 279 g/mol. The number of aryl methyl sites for hydroxylation is 1. The molecule has 2 aromatic heterocycles. The van der Waals surface area contributed by atoms with E-state index in [-0.39, 0.29) is 23.2 Å². The third-order valence-electron chi connectivity index (χ3n) is 3.29. The van der Waals surface area contributed by atoms with Crippen LogP contribution in [0.15, 0.2) is 15.5 Å². The maximum absolute atomic E-state index is 12.2. The van der Waals surface area contributed by atoms with Gasteiger partial charge in [-0.05, 0) is 20.3 Å². The number of rotatable bonds is 4. The monoisotopic (exact) mass is 279 g/mol. The molecule has 0 aliphatic rings. The first-order chi connectivity index (χ1) is 9.35. The Bertz CT molecular complexity index is 699. The van der Waals surface area contributed by atoms with Crippen LogP contribution in [0.25, 0.3) is 11.1 Å². The molecule has 0 aliphatic heterocycles. The molecule has 7 nitrogen and oxygen atoms in total. The number of aromatic nitrogens is 2. The number of hydrogen-bond donors (Lipinski definition) is 3. The van der Waals surface area contributed by atoms with Gasteiger partial charge >= 0.3 is 0 Å². The number of nitrogens with zero attached hydrogens (tertiary/aromatic N) is 1. The van der Waals surface area contributed by atoms with Gasteiger partial charge in [0.15, 0.2) is 0 Å². The van der Waals surface area contributed by atoms with E-state index in [0.717, 1.165) is 0 Å². The van der Waals surface area contributed by atoms with E-state index in [0.29, 0.717) is 12.2 Å². The van der Waals surface area contributed by atoms with Gasteiger partial charge in [-0.2, -0.15) is 0 Å². The van der Waals surface area contributed by atoms with Crippen molar-refractivity contribution in [2.24, 2.45) is 0 Å². The van der Waals surface area contributed by atoms with Gasteiger partial charge in [-0.25, -0.2) is 4.98 Å². The first kappa shape index (κ1) is 14.3. The van der Waals surface area contributed by atoms with E-state index >= 15 is 0 Å². The molecule has 0 spiro atoms. The smallest absolute Gasteiger partial charge is 0.262 e. The van der Waals surface area contributed by atoms with E-state index in [1.54, 1.807) is 13.8 Å². The Labute approximate surface area is 115 Å². The molecule has 0 aliphatic carbocycles. The molecule has 2 aromatic rings. The van der Waals surface area contributed by atoms with E-state index in [9.17, 15) is 14.7 Å². The summed E-state index contributed by atoms with van der Waals surface area (Å²) in [5, 5.41) is 12.6. The third kappa shape index (κ3) is 2.57. The molecular weight excluding hydrogens is 262 g/mol. The standard InChI is InChI=1S/C13H17N3O4/c1-4-13(3,19)5-14-10(17)8-7(2)20-12-9(8)11(18)15-6-16-12/h6,19H,4-5H2,1-3H3,(H,14,17)(H,15,16,18). The van der Waals surface area contributed by atoms with Crippen molar-refractivity contribution in [2.75, 3.05) is 6.54 Å². The maximum Gasteiger partial charge on any atom is 0.262 e. The highest BCUT2D eigenvalue weighted by Gasteiger charge is 2.24. The quantitative estimate of drug-likeness (QED) is 0.764. The highest BCUT2D eigenvalue weighted by Crippen LogP contribution is 2.20. The fourth-order valence-electron chi connectivity index (χ4n) is 1.81. The molecule has 108 valence electrons. The van der Waals surface area contributed by atoms with Crippen LogP contribution >= 0.6 is 0 Å². The Morgan fingerprint density at radius 3 is 2.95 bits per heavy atom. The Morgan fingerprint density at radius 1 is 1.60 bits per heavy atom. The molecule has 0 saturated carbocycles. The van der Waals surface area contributed by atoms with E-state index < -0.39 is 17.1 Å². The molecule has 7 heteroatoms. The van der Waals surface area contributed by atoms with Gasteiger partial charge in [0.1, 0.15) is 11.1 Å². The second kappa shape index (κ2) is 5.09. The Morgan fingerprint density at radius 2 is 2.30 bits per heavy atom. The fraction of sp³-hybridized carbons (Fsp3) is 0.462. The highest BCUT2D eigenvalue weighted by atomic mass is 16.3. The van der Waals surface area contributed by atoms with Crippen LogP contribution in [0.1, 0.15) is 36.4 Å². The summed E-state index contributed by atoms with van der Waals surface area (Å²) in [4.78, 5) is 30.3. The summed E-state index contributed by atoms with van der Waals surface area (Å²) in [6.45, 7) is 5.13. The van der Waals surface area contributed by atoms with Gasteiger partial charge < -0.3 is 19.8 Å². The number of fused-ring (bicyclic) bond motifs is 1. The lowest BCUT2D eigenvalue weighted by atomic mass is 10.0. The third-order valence-corrected chi connectivity index (χ3v) is 3.29. The van der Waals surface area contributed by atoms with Crippen molar-refractivity contribution in [1.82, 2.24) is 15.3 Å². The molecule has 0 radical (unpaired) electrons. The zero-order chi connectivity index (χ0) is 14.9. The van der Waals surface area contributed by atoms with E-state index in [1.807, 2.05) is 6.92 Å². The normalized spacial score (nSPS) is 14.2. The summed E-state index contributed by atoms with van der Waals surface area (Å²) in [6.07, 6.45) is 1.72. The average Bonchev–Trinajstić information content (AvgIpc) is 2.74. The number of H-pyrrole nitrogens is 1. The number of amides is 1. The first-order valence-corrected chi connectivity index (χ1v) is 6.33. The molecule has 20 heavy (non-hydrogen) atoms. The van der Waals surface area contributed by atoms with Gasteiger partial charge in [-0.15, -0.1) is 0 Å². The molecule has 0 aromatic carbocycles. The van der Waals surface area contributed by atoms with Gasteiger partial charge in [-0.1, -0.05) is 6.92 Å². The molecule has 0 saturated heterocycles. The topological polar surface area (TPSA) is 108 Å². The number of aliphatic hydroxyl groups is 1. The van der Waals surface area contributed by atoms with Crippen molar-refractivity contribution in [3.8, 4) is 0 Å². The van der Waals surface area contributed by atoms with Gasteiger partial charge in [0.2, 0.25) is 5.71 Å². The first-order valence-electron chi connectivity index (χ1n) is 6.33. The predicted molar refractivity (Wildman–Crippen MR) is 72.6 cm³/mol. The minimum Gasteiger partial charge on any atom is -0.442 e. The van der Waals surface area contributed by atoms with Crippen LogP contribution in [0.3, 0.4) is 0 Å². The van der Waals surface area contributed by atoms with Crippen molar-refractivity contribution in [1.29, 1.82) is 0 Å². The Hall–Kier alpha value is -2.15. The van der Waals surface area contributed by atoms with Crippen LogP contribution in [0, 0.1) is 6.92 Å². The van der Waals surface area contributed by atoms with Crippen LogP contribution in [0.5, 0.6) is 0 Å². The summed E-state index contributed by atoms with van der Waals surface area (Å²) < 4.78 is 5.30. The van der Waals surface area contributed by atoms with Gasteiger partial charge in [0, 0.05) is 6.54 Å². The molecule has 1 unspecified atom stereocenters. The van der Waals surface area contributed by atoms with Crippen LogP contribution in [0.4, 0.5) is 0 Å². The van der Waals surface area contributed by atoms with Crippen LogP contribution in [-0.2, 0) is 0 Å². The molecule has 1 atom stereocenters. The molecule has 3 N–H and O–H groups in total. The molecule has 2 rings (SSSR count). The van der Waals surface area contributed by atoms with E-state index in [2.05, 4.69) is 15.3 Å². The number of carbonyl (C=O) groups is 1. The van der Waals surface area contributed by atoms with Crippen LogP contribution < -0.4 is 10.9 Å². The van der Waals surface area contributed by atoms with Crippen LogP contribution in [0.2, 0.25) is 0 Å². The summed E-state index contributed by atoms with van der Waals surface area (Å²) in [5.41, 5.74) is -1.15. The van der Waals surface area contributed by atoms with E-state index in [4.69, 9.17) is 4.42 Å². The number of furan rings is 1. The predicted octanol–water partition coefficient (Wildman–Crippen LogP) is 0.715. The minimum atomic E-state index is -0.992. The van der Waals surface area contributed by atoms with Crippen molar-refractivity contribution < 1.29 is 14.3 Å². The molecule has 0 bridgehead atoms. The van der Waals surface area contributed by atoms with Crippen LogP contribution in [-0.4, -0.2) is 33.1 Å². The Kier molecular flexibility index (Phi) is 3.63. The van der Waals surface area contributed by atoms with Crippen molar-refractivity contribution in [3.63, 3.8) is 0 Å². The lowest BCUT2D eigenvalue weighted by molar-refractivity contribution is 0.0518. The lowest BCUT2D eigenvalue weighted by Gasteiger charge is -2.21. The lowest BCUT2D eigenvalue weighted by Crippen LogP contribution is -2.40. The number of aromatic amines is 1. The molecular formula is C13H17N3O4. The summed E-state index contributed by atoms with van der Waals surface area (Å²) in [6, 6.07) is 0. The number of carbonyl (C=O) groups excluding carboxylic acids is 1. The van der Waals surface area contributed by atoms with Gasteiger partial charge in [0.05, 0.1) is 17.5 Å². The number of hydrogen-bond acceptors (Lipinski definition) is 5. The zero-order valence-electron chi connectivity index (χ0n) is 11.6. The summed E-state index contributed by atoms with van der Waals surface area (Å²) in [5.74, 6) is -0.147. The SMILES string of the molecule is CCC(C)(O)CNC(=O)c1c(C)oc2nc[nH]c(=O)c12. The Balaban J connectivity index is 2.36. The summed E-state index contributed by atoms with van der Waals surface area (Å²) >= 11 is 0. The molecule has 1 amide bonds. The van der Waals surface area contributed by atoms with Crippen molar-refractivity contribution >= 4 is 17.0 Å². The summed E-state index contributed by atoms with van der Waals surface area (Å²) in [7, 11) is 0. The van der Waals surface area contributed by atoms with Crippen molar-refractivity contribution in [2.45, 2.75) is 32.8 Å². The second-order valence-corrected chi connectivity index (χ2v) is 4.98. The van der Waals surface area contributed by atoms with Gasteiger partial charge in [-0.3, -0.25) is 9.59 Å². The fourth-order valence-corrected chi connectivity index (χ4v) is 1.81. The minimum absolute atomic E-state index is 0.0899. The van der Waals surface area contributed by atoms with Crippen molar-refractivity contribution in [3.05, 3.63) is 28.0 Å². The molecule has 0 fully saturated rings. The van der Waals surface area contributed by atoms with E-state index in [1.165, 1.54) is 6.33 Å². The molecule has 2 heterocycles. The highest BCUT2D eigenvalue weighted by molar-refractivity contribution is 6.06. The largest absolute Gasteiger partial charge is 0.442 e. The maximum atomic E-state index is 12.2. The number of nitrogens with one attached hydrogen (secondary N) is 2. The van der Waals surface area contributed by atoms with Gasteiger partial charge in [0.25, 0.3) is 11.5 Å². The zero-order valence-corrected chi connectivity index (χ0v) is 11.6.